The number of halogens is 1. The number of likely N-dealkylation sites (N-methyl/N-ethyl adjacent to an activating group) is 1. The van der Waals surface area contributed by atoms with Crippen molar-refractivity contribution < 1.29 is 14.3 Å². The van der Waals surface area contributed by atoms with Crippen molar-refractivity contribution in [2.75, 3.05) is 13.6 Å². The fourth-order valence-corrected chi connectivity index (χ4v) is 0.240. The van der Waals surface area contributed by atoms with E-state index in [4.69, 9.17) is 0 Å². The quantitative estimate of drug-likeness (QED) is 0.332. The van der Waals surface area contributed by atoms with E-state index in [1.807, 2.05) is 0 Å². The Kier molecular flexibility index (Phi) is 9.21. The van der Waals surface area contributed by atoms with Gasteiger partial charge < -0.3 is 10.1 Å². The first-order valence-corrected chi connectivity index (χ1v) is 2.09. The van der Waals surface area contributed by atoms with Gasteiger partial charge in [-0.3, -0.25) is 9.59 Å². The van der Waals surface area contributed by atoms with Crippen LogP contribution in [0, 0.1) is 0 Å². The van der Waals surface area contributed by atoms with Crippen molar-refractivity contribution in [3.8, 4) is 0 Å². The highest BCUT2D eigenvalue weighted by Crippen LogP contribution is 1.66. The number of hydrogen-bond acceptors (Lipinski definition) is 4. The lowest BCUT2D eigenvalue weighted by molar-refractivity contribution is -0.150. The molecule has 5 heteroatoms. The molecule has 0 aliphatic carbocycles. The topological polar surface area (TPSA) is 55.4 Å². The molecule has 0 aromatic carbocycles. The predicted molar refractivity (Wildman–Crippen MR) is 33.3 cm³/mol. The fraction of sp³-hybridized carbons (Fsp3) is 0.500. The average Bonchev–Trinajstić information content (AvgIpc) is 1.68. The molecule has 0 unspecified atom stereocenters. The number of carbonyl (C=O) groups is 2. The van der Waals surface area contributed by atoms with Gasteiger partial charge in [-0.15, -0.1) is 12.4 Å². The summed E-state index contributed by atoms with van der Waals surface area (Å²) in [6.07, 6.45) is 0. The SMILES string of the molecule is CNCC(=O)OC=O.Cl. The lowest BCUT2D eigenvalue weighted by atomic mass is 10.7. The largest absolute Gasteiger partial charge is 0.395 e. The van der Waals surface area contributed by atoms with Gasteiger partial charge in [0.25, 0.3) is 0 Å². The van der Waals surface area contributed by atoms with Gasteiger partial charge in [0, 0.05) is 0 Å². The van der Waals surface area contributed by atoms with E-state index in [1.54, 1.807) is 7.05 Å². The van der Waals surface area contributed by atoms with E-state index in [0.29, 0.717) is 0 Å². The average molecular weight is 154 g/mol. The van der Waals surface area contributed by atoms with Crippen LogP contribution in [0.2, 0.25) is 0 Å². The maximum atomic E-state index is 10.1. The highest BCUT2D eigenvalue weighted by Gasteiger charge is 1.95. The second-order valence-corrected chi connectivity index (χ2v) is 1.12. The zero-order chi connectivity index (χ0) is 6.41. The first kappa shape index (κ1) is 11.2. The third kappa shape index (κ3) is 7.39. The van der Waals surface area contributed by atoms with Crippen LogP contribution in [-0.2, 0) is 14.3 Å². The molecule has 0 saturated heterocycles. The van der Waals surface area contributed by atoms with Crippen LogP contribution >= 0.6 is 12.4 Å². The minimum absolute atomic E-state index is 0. The maximum Gasteiger partial charge on any atom is 0.327 e. The summed E-state index contributed by atoms with van der Waals surface area (Å²) in [4.78, 5) is 19.5. The van der Waals surface area contributed by atoms with Crippen LogP contribution in [0.5, 0.6) is 0 Å². The fourth-order valence-electron chi connectivity index (χ4n) is 0.240. The molecule has 0 radical (unpaired) electrons. The molecule has 0 amide bonds. The Bertz CT molecular complexity index is 95.8. The van der Waals surface area contributed by atoms with Gasteiger partial charge in [-0.25, -0.2) is 0 Å². The molecule has 0 bridgehead atoms. The first-order chi connectivity index (χ1) is 3.81. The molecule has 1 N–H and O–H groups in total. The number of esters is 1. The zero-order valence-corrected chi connectivity index (χ0v) is 5.73. The molecule has 0 rings (SSSR count). The van der Waals surface area contributed by atoms with Crippen molar-refractivity contribution >= 4 is 24.8 Å². The Balaban J connectivity index is 0. The lowest BCUT2D eigenvalue weighted by Gasteiger charge is -1.91. The molecule has 4 nitrogen and oxygen atoms in total. The minimum Gasteiger partial charge on any atom is -0.395 e. The second-order valence-electron chi connectivity index (χ2n) is 1.12. The van der Waals surface area contributed by atoms with E-state index in [-0.39, 0.29) is 25.4 Å². The normalized spacial score (nSPS) is 7.22. The van der Waals surface area contributed by atoms with Crippen molar-refractivity contribution in [3.05, 3.63) is 0 Å². The Morgan fingerprint density at radius 3 is 2.67 bits per heavy atom. The Morgan fingerprint density at radius 1 is 1.78 bits per heavy atom. The number of nitrogens with one attached hydrogen (secondary N) is 1. The summed E-state index contributed by atoms with van der Waals surface area (Å²) in [5, 5.41) is 2.52. The number of rotatable bonds is 3. The van der Waals surface area contributed by atoms with Gasteiger partial charge in [0.05, 0.1) is 6.54 Å². The molecule has 0 atom stereocenters. The molecule has 0 aliphatic rings. The van der Waals surface area contributed by atoms with Crippen molar-refractivity contribution in [1.82, 2.24) is 5.32 Å². The van der Waals surface area contributed by atoms with Crippen molar-refractivity contribution in [2.24, 2.45) is 0 Å². The van der Waals surface area contributed by atoms with Gasteiger partial charge in [-0.1, -0.05) is 0 Å². The Labute approximate surface area is 59.0 Å². The molecule has 0 aromatic heterocycles. The molecule has 0 fully saturated rings. The Morgan fingerprint density at radius 2 is 2.33 bits per heavy atom. The highest BCUT2D eigenvalue weighted by molar-refractivity contribution is 5.85. The molecule has 0 heterocycles. The van der Waals surface area contributed by atoms with Crippen LogP contribution in [0.25, 0.3) is 0 Å². The number of carbonyl (C=O) groups excluding carboxylic acids is 2. The molecule has 9 heavy (non-hydrogen) atoms. The van der Waals surface area contributed by atoms with E-state index in [2.05, 4.69) is 10.1 Å². The molecule has 54 valence electrons. The van der Waals surface area contributed by atoms with E-state index >= 15 is 0 Å². The zero-order valence-electron chi connectivity index (χ0n) is 4.92. The van der Waals surface area contributed by atoms with E-state index < -0.39 is 5.97 Å². The summed E-state index contributed by atoms with van der Waals surface area (Å²) < 4.78 is 3.90. The predicted octanol–water partition coefficient (Wildman–Crippen LogP) is -0.673. The third-order valence-corrected chi connectivity index (χ3v) is 0.501. The van der Waals surface area contributed by atoms with Gasteiger partial charge in [0.1, 0.15) is 0 Å². The monoisotopic (exact) mass is 153 g/mol. The van der Waals surface area contributed by atoms with Crippen LogP contribution < -0.4 is 5.32 Å². The van der Waals surface area contributed by atoms with Crippen molar-refractivity contribution in [2.45, 2.75) is 0 Å². The van der Waals surface area contributed by atoms with E-state index in [1.165, 1.54) is 0 Å². The molecular weight excluding hydrogens is 146 g/mol. The summed E-state index contributed by atoms with van der Waals surface area (Å²) in [6, 6.07) is 0. The summed E-state index contributed by atoms with van der Waals surface area (Å²) in [6.45, 7) is 0.179. The van der Waals surface area contributed by atoms with Gasteiger partial charge in [0.2, 0.25) is 0 Å². The summed E-state index contributed by atoms with van der Waals surface area (Å²) in [7, 11) is 1.59. The maximum absolute atomic E-state index is 10.1. The minimum atomic E-state index is -0.567. The standard InChI is InChI=1S/C4H7NO3.ClH/c1-5-2-4(7)8-3-6;/h3,5H,2H2,1H3;1H. The van der Waals surface area contributed by atoms with Crippen LogP contribution in [0.4, 0.5) is 0 Å². The number of ether oxygens (including phenoxy) is 1. The highest BCUT2D eigenvalue weighted by atomic mass is 35.5. The van der Waals surface area contributed by atoms with Crippen molar-refractivity contribution in [1.29, 1.82) is 0 Å². The second kappa shape index (κ2) is 7.39. The molecule has 0 aromatic rings. The molecule has 0 aliphatic heterocycles. The van der Waals surface area contributed by atoms with Crippen LogP contribution in [0.15, 0.2) is 0 Å². The van der Waals surface area contributed by atoms with Gasteiger partial charge >= 0.3 is 12.4 Å². The molecular formula is C4H8ClNO3. The third-order valence-electron chi connectivity index (χ3n) is 0.501. The van der Waals surface area contributed by atoms with Gasteiger partial charge in [-0.05, 0) is 7.05 Å². The summed E-state index contributed by atoms with van der Waals surface area (Å²) in [5.74, 6) is -0.567. The van der Waals surface area contributed by atoms with Crippen LogP contribution in [0.1, 0.15) is 0 Å². The summed E-state index contributed by atoms with van der Waals surface area (Å²) in [5.41, 5.74) is 0. The van der Waals surface area contributed by atoms with E-state index in [0.717, 1.165) is 0 Å². The summed E-state index contributed by atoms with van der Waals surface area (Å²) >= 11 is 0. The van der Waals surface area contributed by atoms with Gasteiger partial charge in [-0.2, -0.15) is 0 Å². The van der Waals surface area contributed by atoms with Crippen molar-refractivity contribution in [3.63, 3.8) is 0 Å². The smallest absolute Gasteiger partial charge is 0.327 e. The van der Waals surface area contributed by atoms with E-state index in [9.17, 15) is 9.59 Å². The van der Waals surface area contributed by atoms with Gasteiger partial charge in [0.15, 0.2) is 0 Å². The molecule has 0 saturated carbocycles. The number of hydrogen-bond donors (Lipinski definition) is 1. The molecule has 0 spiro atoms. The van der Waals surface area contributed by atoms with Crippen LogP contribution in [-0.4, -0.2) is 26.0 Å². The van der Waals surface area contributed by atoms with Crippen LogP contribution in [0.3, 0.4) is 0 Å². The lowest BCUT2D eigenvalue weighted by Crippen LogP contribution is -2.20. The Hall–Kier alpha value is -0.610. The first-order valence-electron chi connectivity index (χ1n) is 2.09.